The van der Waals surface area contributed by atoms with Gasteiger partial charge in [0.2, 0.25) is 0 Å². The number of rotatable bonds is 9. The fourth-order valence-electron chi connectivity index (χ4n) is 3.35. The molecule has 1 N–H and O–H groups in total. The van der Waals surface area contributed by atoms with Crippen LogP contribution in [0.3, 0.4) is 0 Å². The number of benzene rings is 3. The first-order valence-electron chi connectivity index (χ1n) is 11.2. The Morgan fingerprint density at radius 2 is 1.42 bits per heavy atom. The maximum absolute atomic E-state index is 12.2. The number of esters is 1. The van der Waals surface area contributed by atoms with Gasteiger partial charge in [0.1, 0.15) is 5.75 Å². The third-order valence-electron chi connectivity index (χ3n) is 5.29. The van der Waals surface area contributed by atoms with Gasteiger partial charge in [-0.05, 0) is 75.1 Å². The average molecular weight is 446 g/mol. The van der Waals surface area contributed by atoms with Crippen molar-refractivity contribution in [3.63, 3.8) is 0 Å². The normalized spacial score (nSPS) is 11.0. The molecule has 0 heterocycles. The predicted molar refractivity (Wildman–Crippen MR) is 130 cm³/mol. The van der Waals surface area contributed by atoms with Crippen molar-refractivity contribution in [2.45, 2.75) is 39.7 Å². The standard InChI is InChI=1S/C28H31NO4/c1-5-32-27(31)28(3,4)33-25-16-14-23(15-17-25)22-12-8-21(9-13-22)18-19-29-26(30)24-10-6-20(2)7-11-24/h6-17H,5,18-19H2,1-4H3,(H,29,30). The number of nitrogens with one attached hydrogen (secondary N) is 1. The van der Waals surface area contributed by atoms with E-state index in [1.807, 2.05) is 55.5 Å². The van der Waals surface area contributed by atoms with E-state index >= 15 is 0 Å². The van der Waals surface area contributed by atoms with Gasteiger partial charge in [-0.15, -0.1) is 0 Å². The number of amides is 1. The van der Waals surface area contributed by atoms with Crippen LogP contribution in [0.2, 0.25) is 0 Å². The van der Waals surface area contributed by atoms with Gasteiger partial charge in [-0.3, -0.25) is 4.79 Å². The lowest BCUT2D eigenvalue weighted by Crippen LogP contribution is -2.39. The Morgan fingerprint density at radius 3 is 2.00 bits per heavy atom. The summed E-state index contributed by atoms with van der Waals surface area (Å²) in [5.74, 6) is 0.164. The summed E-state index contributed by atoms with van der Waals surface area (Å²) in [5, 5.41) is 2.97. The number of aryl methyl sites for hydroxylation is 1. The van der Waals surface area contributed by atoms with Gasteiger partial charge in [0.15, 0.2) is 5.60 Å². The van der Waals surface area contributed by atoms with Crippen LogP contribution in [-0.2, 0) is 16.0 Å². The van der Waals surface area contributed by atoms with Crippen molar-refractivity contribution in [1.29, 1.82) is 0 Å². The van der Waals surface area contributed by atoms with Crippen molar-refractivity contribution < 1.29 is 19.1 Å². The zero-order valence-corrected chi connectivity index (χ0v) is 19.7. The topological polar surface area (TPSA) is 64.6 Å². The molecule has 172 valence electrons. The number of carbonyl (C=O) groups excluding carboxylic acids is 2. The molecule has 3 aromatic carbocycles. The van der Waals surface area contributed by atoms with Crippen LogP contribution in [0.25, 0.3) is 11.1 Å². The van der Waals surface area contributed by atoms with Gasteiger partial charge in [-0.2, -0.15) is 0 Å². The van der Waals surface area contributed by atoms with Crippen LogP contribution in [0, 0.1) is 6.92 Å². The van der Waals surface area contributed by atoms with Crippen LogP contribution < -0.4 is 10.1 Å². The summed E-state index contributed by atoms with van der Waals surface area (Å²) >= 11 is 0. The van der Waals surface area contributed by atoms with E-state index in [1.165, 1.54) is 0 Å². The number of carbonyl (C=O) groups is 2. The molecule has 0 atom stereocenters. The highest BCUT2D eigenvalue weighted by Crippen LogP contribution is 2.25. The van der Waals surface area contributed by atoms with E-state index in [4.69, 9.17) is 9.47 Å². The Hall–Kier alpha value is -3.60. The molecule has 5 heteroatoms. The highest BCUT2D eigenvalue weighted by molar-refractivity contribution is 5.94. The first kappa shape index (κ1) is 24.1. The molecule has 0 fully saturated rings. The van der Waals surface area contributed by atoms with E-state index in [1.54, 1.807) is 20.8 Å². The summed E-state index contributed by atoms with van der Waals surface area (Å²) in [5.41, 5.74) is 4.05. The Labute approximate surface area is 195 Å². The molecule has 0 aliphatic carbocycles. The quantitative estimate of drug-likeness (QED) is 0.451. The molecular weight excluding hydrogens is 414 g/mol. The van der Waals surface area contributed by atoms with Crippen LogP contribution in [0.1, 0.15) is 42.3 Å². The molecule has 5 nitrogen and oxygen atoms in total. The van der Waals surface area contributed by atoms with E-state index in [-0.39, 0.29) is 11.9 Å². The first-order valence-corrected chi connectivity index (χ1v) is 11.2. The summed E-state index contributed by atoms with van der Waals surface area (Å²) < 4.78 is 10.9. The van der Waals surface area contributed by atoms with Crippen LogP contribution in [0.5, 0.6) is 5.75 Å². The predicted octanol–water partition coefficient (Wildman–Crippen LogP) is 5.36. The van der Waals surface area contributed by atoms with Gasteiger partial charge in [-0.25, -0.2) is 4.79 Å². The number of hydrogen-bond donors (Lipinski definition) is 1. The van der Waals surface area contributed by atoms with Crippen molar-refractivity contribution in [2.75, 3.05) is 13.2 Å². The lowest BCUT2D eigenvalue weighted by molar-refractivity contribution is -0.158. The highest BCUT2D eigenvalue weighted by atomic mass is 16.6. The SMILES string of the molecule is CCOC(=O)C(C)(C)Oc1ccc(-c2ccc(CCNC(=O)c3ccc(C)cc3)cc2)cc1. The Morgan fingerprint density at radius 1 is 0.848 bits per heavy atom. The van der Waals surface area contributed by atoms with Crippen LogP contribution in [-0.4, -0.2) is 30.6 Å². The molecule has 0 bridgehead atoms. The molecule has 0 aliphatic heterocycles. The maximum atomic E-state index is 12.2. The van der Waals surface area contributed by atoms with Crippen molar-refractivity contribution >= 4 is 11.9 Å². The summed E-state index contributed by atoms with van der Waals surface area (Å²) in [6.45, 7) is 8.06. The molecule has 0 aliphatic rings. The first-order chi connectivity index (χ1) is 15.8. The highest BCUT2D eigenvalue weighted by Gasteiger charge is 2.31. The van der Waals surface area contributed by atoms with Gasteiger partial charge >= 0.3 is 5.97 Å². The van der Waals surface area contributed by atoms with Gasteiger partial charge in [0.25, 0.3) is 5.91 Å². The maximum Gasteiger partial charge on any atom is 0.349 e. The van der Waals surface area contributed by atoms with Crippen molar-refractivity contribution in [1.82, 2.24) is 5.32 Å². The van der Waals surface area contributed by atoms with Crippen molar-refractivity contribution in [3.8, 4) is 16.9 Å². The van der Waals surface area contributed by atoms with Gasteiger partial charge in [-0.1, -0.05) is 54.1 Å². The molecule has 3 rings (SSSR count). The molecule has 1 amide bonds. The minimum atomic E-state index is -1.05. The van der Waals surface area contributed by atoms with E-state index in [0.717, 1.165) is 28.7 Å². The largest absolute Gasteiger partial charge is 0.476 e. The fraction of sp³-hybridized carbons (Fsp3) is 0.286. The molecule has 0 saturated carbocycles. The van der Waals surface area contributed by atoms with E-state index in [9.17, 15) is 9.59 Å². The monoisotopic (exact) mass is 445 g/mol. The minimum Gasteiger partial charge on any atom is -0.476 e. The van der Waals surface area contributed by atoms with E-state index in [2.05, 4.69) is 29.6 Å². The third kappa shape index (κ3) is 6.69. The van der Waals surface area contributed by atoms with Gasteiger partial charge in [0, 0.05) is 12.1 Å². The van der Waals surface area contributed by atoms with E-state index in [0.29, 0.717) is 24.5 Å². The molecule has 0 unspecified atom stereocenters. The van der Waals surface area contributed by atoms with Crippen molar-refractivity contribution in [2.24, 2.45) is 0 Å². The second-order valence-corrected chi connectivity index (χ2v) is 8.43. The lowest BCUT2D eigenvalue weighted by atomic mass is 10.0. The van der Waals surface area contributed by atoms with Gasteiger partial charge in [0.05, 0.1) is 6.61 Å². The molecule has 0 saturated heterocycles. The van der Waals surface area contributed by atoms with Crippen molar-refractivity contribution in [3.05, 3.63) is 89.5 Å². The average Bonchev–Trinajstić information content (AvgIpc) is 2.80. The molecule has 0 spiro atoms. The smallest absolute Gasteiger partial charge is 0.349 e. The molecule has 0 aromatic heterocycles. The summed E-state index contributed by atoms with van der Waals surface area (Å²) in [4.78, 5) is 24.2. The molecule has 0 radical (unpaired) electrons. The molecule has 3 aromatic rings. The zero-order valence-electron chi connectivity index (χ0n) is 19.7. The lowest BCUT2D eigenvalue weighted by Gasteiger charge is -2.24. The van der Waals surface area contributed by atoms with Crippen LogP contribution >= 0.6 is 0 Å². The summed E-state index contributed by atoms with van der Waals surface area (Å²) in [6.07, 6.45) is 0.758. The minimum absolute atomic E-state index is 0.0555. The van der Waals surface area contributed by atoms with E-state index < -0.39 is 5.60 Å². The molecule has 33 heavy (non-hydrogen) atoms. The third-order valence-corrected chi connectivity index (χ3v) is 5.29. The second-order valence-electron chi connectivity index (χ2n) is 8.43. The Bertz CT molecular complexity index is 1070. The van der Waals surface area contributed by atoms with Gasteiger partial charge < -0.3 is 14.8 Å². The van der Waals surface area contributed by atoms with Crippen LogP contribution in [0.15, 0.2) is 72.8 Å². The Kier molecular flexibility index (Phi) is 7.88. The second kappa shape index (κ2) is 10.8. The number of hydrogen-bond acceptors (Lipinski definition) is 4. The zero-order chi connectivity index (χ0) is 23.8. The fourth-order valence-corrected chi connectivity index (χ4v) is 3.35. The number of ether oxygens (including phenoxy) is 2. The molecular formula is C28H31NO4. The summed E-state index contributed by atoms with van der Waals surface area (Å²) in [7, 11) is 0. The van der Waals surface area contributed by atoms with Crippen LogP contribution in [0.4, 0.5) is 0 Å². The Balaban J connectivity index is 1.53. The summed E-state index contributed by atoms with van der Waals surface area (Å²) in [6, 6.07) is 23.5.